The fraction of sp³-hybridized carbons (Fsp3) is 0.455. The summed E-state index contributed by atoms with van der Waals surface area (Å²) >= 11 is 0. The Kier molecular flexibility index (Phi) is 2.70. The van der Waals surface area contributed by atoms with Gasteiger partial charge in [-0.2, -0.15) is 0 Å². The maximum absolute atomic E-state index is 9.13. The summed E-state index contributed by atoms with van der Waals surface area (Å²) in [4.78, 5) is 2.37. The van der Waals surface area contributed by atoms with Gasteiger partial charge in [-0.25, -0.2) is 0 Å². The molecular weight excluding hydrogens is 176 g/mol. The predicted molar refractivity (Wildman–Crippen MR) is 56.0 cm³/mol. The van der Waals surface area contributed by atoms with Crippen molar-refractivity contribution in [1.82, 2.24) is 4.90 Å². The van der Waals surface area contributed by atoms with Crippen LogP contribution in [-0.2, 0) is 6.54 Å². The van der Waals surface area contributed by atoms with Crippen molar-refractivity contribution >= 4 is 0 Å². The van der Waals surface area contributed by atoms with Gasteiger partial charge in [0.2, 0.25) is 0 Å². The van der Waals surface area contributed by atoms with Crippen molar-refractivity contribution in [2.24, 2.45) is 5.73 Å². The van der Waals surface area contributed by atoms with E-state index in [-0.39, 0.29) is 0 Å². The smallest absolute Gasteiger partial charge is 0.115 e. The van der Waals surface area contributed by atoms with Gasteiger partial charge in [-0.15, -0.1) is 0 Å². The van der Waals surface area contributed by atoms with Crippen LogP contribution in [0.15, 0.2) is 24.3 Å². The minimum atomic E-state index is 0.327. The zero-order chi connectivity index (χ0) is 9.97. The van der Waals surface area contributed by atoms with Gasteiger partial charge in [0, 0.05) is 25.7 Å². The first-order chi connectivity index (χ1) is 6.79. The number of likely N-dealkylation sites (tertiary alicyclic amines) is 1. The summed E-state index contributed by atoms with van der Waals surface area (Å²) in [5.41, 5.74) is 6.86. The molecule has 1 aliphatic rings. The van der Waals surface area contributed by atoms with Gasteiger partial charge < -0.3 is 10.8 Å². The standard InChI is InChI=1S/C11H16N2O/c12-7-10-5-6-13(10)8-9-1-3-11(14)4-2-9/h1-4,10,14H,5-8,12H2. The second kappa shape index (κ2) is 3.98. The Morgan fingerprint density at radius 3 is 2.57 bits per heavy atom. The molecule has 0 radical (unpaired) electrons. The maximum Gasteiger partial charge on any atom is 0.115 e. The van der Waals surface area contributed by atoms with Crippen molar-refractivity contribution in [3.8, 4) is 5.75 Å². The zero-order valence-electron chi connectivity index (χ0n) is 8.19. The third-order valence-electron chi connectivity index (χ3n) is 2.86. The highest BCUT2D eigenvalue weighted by Crippen LogP contribution is 2.20. The predicted octanol–water partition coefficient (Wildman–Crippen LogP) is 0.925. The van der Waals surface area contributed by atoms with Crippen LogP contribution in [0.1, 0.15) is 12.0 Å². The summed E-state index contributed by atoms with van der Waals surface area (Å²) in [6, 6.07) is 7.94. The lowest BCUT2D eigenvalue weighted by atomic mass is 10.0. The fourth-order valence-corrected chi connectivity index (χ4v) is 1.81. The summed E-state index contributed by atoms with van der Waals surface area (Å²) in [6.07, 6.45) is 1.22. The van der Waals surface area contributed by atoms with E-state index in [2.05, 4.69) is 4.90 Å². The first-order valence-electron chi connectivity index (χ1n) is 5.01. The Morgan fingerprint density at radius 2 is 2.07 bits per heavy atom. The quantitative estimate of drug-likeness (QED) is 0.749. The second-order valence-electron chi connectivity index (χ2n) is 3.82. The molecule has 0 aromatic heterocycles. The average molecular weight is 192 g/mol. The van der Waals surface area contributed by atoms with Crippen molar-refractivity contribution in [3.63, 3.8) is 0 Å². The molecule has 1 atom stereocenters. The van der Waals surface area contributed by atoms with E-state index in [0.717, 1.165) is 19.6 Å². The lowest BCUT2D eigenvalue weighted by molar-refractivity contribution is 0.0882. The lowest BCUT2D eigenvalue weighted by Gasteiger charge is -2.40. The largest absolute Gasteiger partial charge is 0.508 e. The number of benzene rings is 1. The SMILES string of the molecule is NCC1CCN1Cc1ccc(O)cc1. The van der Waals surface area contributed by atoms with Crippen LogP contribution >= 0.6 is 0 Å². The topological polar surface area (TPSA) is 49.5 Å². The molecular formula is C11H16N2O. The van der Waals surface area contributed by atoms with Crippen LogP contribution in [0.5, 0.6) is 5.75 Å². The molecule has 1 unspecified atom stereocenters. The van der Waals surface area contributed by atoms with E-state index in [1.54, 1.807) is 12.1 Å². The van der Waals surface area contributed by atoms with Gasteiger partial charge in [0.05, 0.1) is 0 Å². The number of hydrogen-bond donors (Lipinski definition) is 2. The summed E-state index contributed by atoms with van der Waals surface area (Å²) in [7, 11) is 0. The molecule has 1 aliphatic heterocycles. The van der Waals surface area contributed by atoms with Gasteiger partial charge >= 0.3 is 0 Å². The van der Waals surface area contributed by atoms with Crippen molar-refractivity contribution < 1.29 is 5.11 Å². The molecule has 1 aromatic rings. The number of aromatic hydroxyl groups is 1. The lowest BCUT2D eigenvalue weighted by Crippen LogP contribution is -2.50. The average Bonchev–Trinajstić information content (AvgIpc) is 2.16. The minimum absolute atomic E-state index is 0.327. The van der Waals surface area contributed by atoms with Gasteiger partial charge in [0.25, 0.3) is 0 Å². The van der Waals surface area contributed by atoms with E-state index in [1.165, 1.54) is 12.0 Å². The Labute approximate surface area is 84.1 Å². The monoisotopic (exact) mass is 192 g/mol. The van der Waals surface area contributed by atoms with Crippen molar-refractivity contribution in [1.29, 1.82) is 0 Å². The molecule has 14 heavy (non-hydrogen) atoms. The number of phenolic OH excluding ortho intramolecular Hbond substituents is 1. The van der Waals surface area contributed by atoms with Crippen LogP contribution in [0.4, 0.5) is 0 Å². The summed E-state index contributed by atoms with van der Waals surface area (Å²) in [5.74, 6) is 0.327. The van der Waals surface area contributed by atoms with E-state index in [9.17, 15) is 0 Å². The van der Waals surface area contributed by atoms with Crippen LogP contribution in [0, 0.1) is 0 Å². The van der Waals surface area contributed by atoms with E-state index in [0.29, 0.717) is 11.8 Å². The van der Waals surface area contributed by atoms with Gasteiger partial charge in [0.1, 0.15) is 5.75 Å². The molecule has 3 heteroatoms. The third kappa shape index (κ3) is 1.89. The van der Waals surface area contributed by atoms with Crippen molar-refractivity contribution in [2.45, 2.75) is 19.0 Å². The molecule has 2 rings (SSSR count). The van der Waals surface area contributed by atoms with Gasteiger partial charge in [-0.3, -0.25) is 4.90 Å². The summed E-state index contributed by atoms with van der Waals surface area (Å²) in [6.45, 7) is 2.84. The highest BCUT2D eigenvalue weighted by Gasteiger charge is 2.25. The van der Waals surface area contributed by atoms with E-state index in [1.807, 2.05) is 12.1 Å². The molecule has 1 fully saturated rings. The van der Waals surface area contributed by atoms with Crippen LogP contribution in [0.2, 0.25) is 0 Å². The number of nitrogens with zero attached hydrogens (tertiary/aromatic N) is 1. The van der Waals surface area contributed by atoms with Crippen molar-refractivity contribution in [2.75, 3.05) is 13.1 Å². The van der Waals surface area contributed by atoms with E-state index < -0.39 is 0 Å². The first kappa shape index (κ1) is 9.49. The van der Waals surface area contributed by atoms with E-state index >= 15 is 0 Å². The summed E-state index contributed by atoms with van der Waals surface area (Å²) in [5, 5.41) is 9.13. The van der Waals surface area contributed by atoms with Gasteiger partial charge in [-0.05, 0) is 24.1 Å². The van der Waals surface area contributed by atoms with E-state index in [4.69, 9.17) is 10.8 Å². The van der Waals surface area contributed by atoms with Gasteiger partial charge in [0.15, 0.2) is 0 Å². The Bertz CT molecular complexity index is 295. The molecule has 3 nitrogen and oxygen atoms in total. The highest BCUT2D eigenvalue weighted by molar-refractivity contribution is 5.26. The Morgan fingerprint density at radius 1 is 1.36 bits per heavy atom. The molecule has 0 spiro atoms. The highest BCUT2D eigenvalue weighted by atomic mass is 16.3. The molecule has 0 saturated carbocycles. The van der Waals surface area contributed by atoms with Crippen LogP contribution in [-0.4, -0.2) is 29.1 Å². The molecule has 1 saturated heterocycles. The second-order valence-corrected chi connectivity index (χ2v) is 3.82. The first-order valence-corrected chi connectivity index (χ1v) is 5.01. The molecule has 76 valence electrons. The van der Waals surface area contributed by atoms with Gasteiger partial charge in [-0.1, -0.05) is 12.1 Å². The van der Waals surface area contributed by atoms with Crippen molar-refractivity contribution in [3.05, 3.63) is 29.8 Å². The van der Waals surface area contributed by atoms with Crippen LogP contribution < -0.4 is 5.73 Å². The van der Waals surface area contributed by atoms with Crippen LogP contribution in [0.3, 0.4) is 0 Å². The molecule has 0 bridgehead atoms. The Balaban J connectivity index is 1.94. The normalized spacial score (nSPS) is 21.9. The number of hydrogen-bond acceptors (Lipinski definition) is 3. The molecule has 1 heterocycles. The molecule has 3 N–H and O–H groups in total. The third-order valence-corrected chi connectivity index (χ3v) is 2.86. The molecule has 0 aliphatic carbocycles. The number of phenols is 1. The Hall–Kier alpha value is -1.06. The number of rotatable bonds is 3. The zero-order valence-corrected chi connectivity index (χ0v) is 8.19. The molecule has 1 aromatic carbocycles. The summed E-state index contributed by atoms with van der Waals surface area (Å²) < 4.78 is 0. The number of nitrogens with two attached hydrogens (primary N) is 1. The molecule has 0 amide bonds. The fourth-order valence-electron chi connectivity index (χ4n) is 1.81. The minimum Gasteiger partial charge on any atom is -0.508 e. The maximum atomic E-state index is 9.13. The van der Waals surface area contributed by atoms with Crippen LogP contribution in [0.25, 0.3) is 0 Å².